The van der Waals surface area contributed by atoms with Gasteiger partial charge in [0, 0.05) is 18.7 Å². The van der Waals surface area contributed by atoms with Crippen molar-refractivity contribution in [3.05, 3.63) is 23.9 Å². The Balaban J connectivity index is 3.53. The van der Waals surface area contributed by atoms with Gasteiger partial charge in [0.2, 0.25) is 0 Å². The fourth-order valence-electron chi connectivity index (χ4n) is 0.803. The molecule has 11 heavy (non-hydrogen) atoms. The highest BCUT2D eigenvalue weighted by Crippen LogP contribution is 2.04. The third-order valence-electron chi connectivity index (χ3n) is 1.61. The topological polar surface area (TPSA) is 12.0 Å². The predicted molar refractivity (Wildman–Crippen MR) is 51.5 cm³/mol. The molecule has 0 aromatic carbocycles. The molecule has 0 aliphatic carbocycles. The van der Waals surface area contributed by atoms with Gasteiger partial charge in [-0.1, -0.05) is 25.2 Å². The van der Waals surface area contributed by atoms with Crippen molar-refractivity contribution in [2.75, 3.05) is 6.54 Å². The lowest BCUT2D eigenvalue weighted by molar-refractivity contribution is 0.750. The molecule has 0 atom stereocenters. The van der Waals surface area contributed by atoms with Crippen molar-refractivity contribution in [2.24, 2.45) is 0 Å². The zero-order chi connectivity index (χ0) is 8.69. The highest BCUT2D eigenvalue weighted by molar-refractivity contribution is 5.08. The molecule has 0 aromatic heterocycles. The largest absolute Gasteiger partial charge is 0.389 e. The van der Waals surface area contributed by atoms with Gasteiger partial charge in [-0.05, 0) is 20.3 Å². The molecule has 1 N–H and O–H groups in total. The second-order valence-electron chi connectivity index (χ2n) is 2.84. The average molecular weight is 153 g/mol. The minimum atomic E-state index is 0.983. The van der Waals surface area contributed by atoms with E-state index in [-0.39, 0.29) is 0 Å². The Labute approximate surface area is 70.2 Å². The van der Waals surface area contributed by atoms with Crippen molar-refractivity contribution in [1.29, 1.82) is 0 Å². The number of hydrogen-bond acceptors (Lipinski definition) is 1. The minimum absolute atomic E-state index is 0.983. The summed E-state index contributed by atoms with van der Waals surface area (Å²) < 4.78 is 0. The van der Waals surface area contributed by atoms with Crippen LogP contribution in [-0.4, -0.2) is 6.54 Å². The Kier molecular flexibility index (Phi) is 5.63. The van der Waals surface area contributed by atoms with Crippen LogP contribution in [0.15, 0.2) is 23.9 Å². The highest BCUT2D eigenvalue weighted by atomic mass is 14.9. The van der Waals surface area contributed by atoms with Crippen LogP contribution in [0.1, 0.15) is 33.6 Å². The molecule has 1 heteroatoms. The lowest BCUT2D eigenvalue weighted by atomic mass is 10.2. The smallest absolute Gasteiger partial charge is 0.0141 e. The molecule has 0 aromatic rings. The highest BCUT2D eigenvalue weighted by Gasteiger charge is 1.92. The lowest BCUT2D eigenvalue weighted by Gasteiger charge is -2.07. The molecule has 0 fully saturated rings. The van der Waals surface area contributed by atoms with Crippen LogP contribution < -0.4 is 5.32 Å². The number of rotatable bonds is 5. The standard InChI is InChI=1S/C10H19N/c1-5-7-11-10(4)8-9(3)6-2/h6,11H,4-5,7-8H2,1-3H3/b9-6+. The Bertz CT molecular complexity index is 145. The molecule has 0 bridgehead atoms. The first-order valence-corrected chi connectivity index (χ1v) is 4.24. The van der Waals surface area contributed by atoms with E-state index in [1.807, 2.05) is 0 Å². The Morgan fingerprint density at radius 2 is 2.18 bits per heavy atom. The maximum atomic E-state index is 3.93. The van der Waals surface area contributed by atoms with Crippen molar-refractivity contribution < 1.29 is 0 Å². The van der Waals surface area contributed by atoms with Crippen LogP contribution in [0, 0.1) is 0 Å². The number of nitrogens with one attached hydrogen (secondary N) is 1. The summed E-state index contributed by atoms with van der Waals surface area (Å²) in [6, 6.07) is 0. The molecule has 0 saturated carbocycles. The quantitative estimate of drug-likeness (QED) is 0.599. The van der Waals surface area contributed by atoms with Gasteiger partial charge in [-0.3, -0.25) is 0 Å². The van der Waals surface area contributed by atoms with E-state index < -0.39 is 0 Å². The van der Waals surface area contributed by atoms with E-state index in [1.165, 1.54) is 5.57 Å². The van der Waals surface area contributed by atoms with E-state index in [2.05, 4.69) is 38.7 Å². The summed E-state index contributed by atoms with van der Waals surface area (Å²) in [6.07, 6.45) is 4.27. The summed E-state index contributed by atoms with van der Waals surface area (Å²) in [5.41, 5.74) is 2.50. The summed E-state index contributed by atoms with van der Waals surface area (Å²) in [6.45, 7) is 11.3. The molecule has 0 rings (SSSR count). The van der Waals surface area contributed by atoms with Gasteiger partial charge in [-0.2, -0.15) is 0 Å². The van der Waals surface area contributed by atoms with E-state index in [1.54, 1.807) is 0 Å². The zero-order valence-electron chi connectivity index (χ0n) is 7.91. The van der Waals surface area contributed by atoms with E-state index in [0.717, 1.165) is 25.1 Å². The fourth-order valence-corrected chi connectivity index (χ4v) is 0.803. The minimum Gasteiger partial charge on any atom is -0.389 e. The first-order valence-electron chi connectivity index (χ1n) is 4.24. The van der Waals surface area contributed by atoms with E-state index in [4.69, 9.17) is 0 Å². The molecule has 64 valence electrons. The molecule has 0 saturated heterocycles. The number of hydrogen-bond donors (Lipinski definition) is 1. The summed E-state index contributed by atoms with van der Waals surface area (Å²) in [5, 5.41) is 3.26. The third kappa shape index (κ3) is 5.71. The van der Waals surface area contributed by atoms with E-state index >= 15 is 0 Å². The normalized spacial score (nSPS) is 11.4. The number of allylic oxidation sites excluding steroid dienone is 2. The summed E-state index contributed by atoms with van der Waals surface area (Å²) >= 11 is 0. The van der Waals surface area contributed by atoms with Crippen molar-refractivity contribution in [3.8, 4) is 0 Å². The van der Waals surface area contributed by atoms with Crippen LogP contribution in [0.2, 0.25) is 0 Å². The van der Waals surface area contributed by atoms with Crippen molar-refractivity contribution in [3.63, 3.8) is 0 Å². The molecular formula is C10H19N. The van der Waals surface area contributed by atoms with Crippen LogP contribution >= 0.6 is 0 Å². The molecule has 0 amide bonds. The van der Waals surface area contributed by atoms with Gasteiger partial charge >= 0.3 is 0 Å². The predicted octanol–water partition coefficient (Wildman–Crippen LogP) is 2.86. The van der Waals surface area contributed by atoms with Crippen LogP contribution in [0.25, 0.3) is 0 Å². The molecule has 0 radical (unpaired) electrons. The molecule has 0 aliphatic heterocycles. The molecule has 0 unspecified atom stereocenters. The Morgan fingerprint density at radius 1 is 1.55 bits per heavy atom. The average Bonchev–Trinajstić information content (AvgIpc) is 2.00. The molecule has 1 nitrogen and oxygen atoms in total. The van der Waals surface area contributed by atoms with Gasteiger partial charge in [0.15, 0.2) is 0 Å². The SMILES string of the molecule is C=C(C/C(C)=C/C)NCCC. The van der Waals surface area contributed by atoms with Crippen LogP contribution in [0.5, 0.6) is 0 Å². The van der Waals surface area contributed by atoms with Crippen LogP contribution in [-0.2, 0) is 0 Å². The summed E-state index contributed by atoms with van der Waals surface area (Å²) in [5.74, 6) is 0. The van der Waals surface area contributed by atoms with Gasteiger partial charge < -0.3 is 5.32 Å². The van der Waals surface area contributed by atoms with E-state index in [9.17, 15) is 0 Å². The maximum absolute atomic E-state index is 3.93. The van der Waals surface area contributed by atoms with Gasteiger partial charge in [0.25, 0.3) is 0 Å². The zero-order valence-corrected chi connectivity index (χ0v) is 7.91. The van der Waals surface area contributed by atoms with Gasteiger partial charge in [-0.15, -0.1) is 0 Å². The summed E-state index contributed by atoms with van der Waals surface area (Å²) in [4.78, 5) is 0. The van der Waals surface area contributed by atoms with Crippen LogP contribution in [0.4, 0.5) is 0 Å². The fraction of sp³-hybridized carbons (Fsp3) is 0.600. The van der Waals surface area contributed by atoms with Crippen molar-refractivity contribution in [1.82, 2.24) is 5.32 Å². The van der Waals surface area contributed by atoms with Gasteiger partial charge in [0.1, 0.15) is 0 Å². The third-order valence-corrected chi connectivity index (χ3v) is 1.61. The van der Waals surface area contributed by atoms with E-state index in [0.29, 0.717) is 0 Å². The molecule has 0 aliphatic rings. The lowest BCUT2D eigenvalue weighted by Crippen LogP contribution is -2.13. The monoisotopic (exact) mass is 153 g/mol. The van der Waals surface area contributed by atoms with Gasteiger partial charge in [-0.25, -0.2) is 0 Å². The molecular weight excluding hydrogens is 134 g/mol. The second kappa shape index (κ2) is 6.02. The first kappa shape index (κ1) is 10.3. The first-order chi connectivity index (χ1) is 5.20. The maximum Gasteiger partial charge on any atom is 0.0141 e. The molecule has 0 heterocycles. The summed E-state index contributed by atoms with van der Waals surface area (Å²) in [7, 11) is 0. The van der Waals surface area contributed by atoms with Crippen molar-refractivity contribution >= 4 is 0 Å². The molecule has 0 spiro atoms. The Morgan fingerprint density at radius 3 is 2.64 bits per heavy atom. The Hall–Kier alpha value is -0.720. The van der Waals surface area contributed by atoms with Crippen LogP contribution in [0.3, 0.4) is 0 Å². The van der Waals surface area contributed by atoms with Crippen molar-refractivity contribution in [2.45, 2.75) is 33.6 Å². The van der Waals surface area contributed by atoms with Gasteiger partial charge in [0.05, 0.1) is 0 Å². The second-order valence-corrected chi connectivity index (χ2v) is 2.84.